The lowest BCUT2D eigenvalue weighted by Gasteiger charge is -2.33. The van der Waals surface area contributed by atoms with Gasteiger partial charge in [0.05, 0.1) is 0 Å². The van der Waals surface area contributed by atoms with Crippen molar-refractivity contribution >= 4 is 0 Å². The van der Waals surface area contributed by atoms with Gasteiger partial charge < -0.3 is 24.2 Å². The molecule has 5 nitrogen and oxygen atoms in total. The fraction of sp³-hybridized carbons (Fsp3) is 0.778. The fourth-order valence-corrected chi connectivity index (χ4v) is 1.08. The third-order valence-electron chi connectivity index (χ3n) is 2.05. The lowest BCUT2D eigenvalue weighted by Crippen LogP contribution is -2.42. The SMILES string of the molecule is CC1=CN(C(C)(C)OCOCO)CO1. The standard InChI is InChI=1S/C9H17NO4/c1-8-4-10(5-13-8)9(2,3)14-7-12-6-11/h4,11H,5-7H2,1-3H3. The average molecular weight is 203 g/mol. The summed E-state index contributed by atoms with van der Waals surface area (Å²) in [5, 5.41) is 8.42. The van der Waals surface area contributed by atoms with Crippen molar-refractivity contribution in [2.24, 2.45) is 0 Å². The van der Waals surface area contributed by atoms with E-state index in [1.54, 1.807) is 0 Å². The third kappa shape index (κ3) is 2.87. The Labute approximate surface area is 83.9 Å². The second-order valence-corrected chi connectivity index (χ2v) is 3.53. The van der Waals surface area contributed by atoms with E-state index in [2.05, 4.69) is 0 Å². The molecular weight excluding hydrogens is 186 g/mol. The first-order valence-corrected chi connectivity index (χ1v) is 4.47. The molecule has 1 heterocycles. The molecule has 82 valence electrons. The van der Waals surface area contributed by atoms with Gasteiger partial charge in [0.15, 0.2) is 13.5 Å². The molecular formula is C9H17NO4. The molecule has 0 aromatic rings. The molecule has 5 heteroatoms. The van der Waals surface area contributed by atoms with Crippen LogP contribution in [0, 0.1) is 0 Å². The number of hydrogen-bond acceptors (Lipinski definition) is 5. The van der Waals surface area contributed by atoms with Crippen LogP contribution >= 0.6 is 0 Å². The molecule has 0 radical (unpaired) electrons. The fourth-order valence-electron chi connectivity index (χ4n) is 1.08. The van der Waals surface area contributed by atoms with Gasteiger partial charge >= 0.3 is 0 Å². The van der Waals surface area contributed by atoms with Crippen LogP contribution in [0.5, 0.6) is 0 Å². The molecule has 0 aromatic carbocycles. The molecule has 0 amide bonds. The highest BCUT2D eigenvalue weighted by Crippen LogP contribution is 2.22. The van der Waals surface area contributed by atoms with Crippen molar-refractivity contribution < 1.29 is 19.3 Å². The number of rotatable bonds is 5. The molecule has 0 unspecified atom stereocenters. The van der Waals surface area contributed by atoms with Gasteiger partial charge in [0.25, 0.3) is 0 Å². The van der Waals surface area contributed by atoms with E-state index in [1.807, 2.05) is 31.9 Å². The highest BCUT2D eigenvalue weighted by atomic mass is 16.7. The number of nitrogens with zero attached hydrogens (tertiary/aromatic N) is 1. The number of hydrogen-bond donors (Lipinski definition) is 1. The van der Waals surface area contributed by atoms with Crippen molar-refractivity contribution in [2.75, 3.05) is 20.3 Å². The summed E-state index contributed by atoms with van der Waals surface area (Å²) in [6.45, 7) is 5.92. The molecule has 1 aliphatic heterocycles. The number of aliphatic hydroxyl groups is 1. The van der Waals surface area contributed by atoms with Crippen molar-refractivity contribution in [3.05, 3.63) is 12.0 Å². The summed E-state index contributed by atoms with van der Waals surface area (Å²) >= 11 is 0. The summed E-state index contributed by atoms with van der Waals surface area (Å²) in [4.78, 5) is 1.92. The van der Waals surface area contributed by atoms with E-state index in [9.17, 15) is 0 Å². The average Bonchev–Trinajstić information content (AvgIpc) is 2.53. The van der Waals surface area contributed by atoms with E-state index >= 15 is 0 Å². The monoisotopic (exact) mass is 203 g/mol. The second kappa shape index (κ2) is 4.63. The summed E-state index contributed by atoms with van der Waals surface area (Å²) in [5.74, 6) is 0.866. The van der Waals surface area contributed by atoms with Crippen molar-refractivity contribution in [3.63, 3.8) is 0 Å². The Morgan fingerprint density at radius 3 is 2.86 bits per heavy atom. The Morgan fingerprint density at radius 1 is 1.64 bits per heavy atom. The molecule has 0 saturated carbocycles. The van der Waals surface area contributed by atoms with Crippen LogP contribution in [-0.2, 0) is 14.2 Å². The summed E-state index contributed by atoms with van der Waals surface area (Å²) < 4.78 is 15.4. The molecule has 0 saturated heterocycles. The largest absolute Gasteiger partial charge is 0.476 e. The minimum atomic E-state index is -0.493. The maximum absolute atomic E-state index is 8.42. The van der Waals surface area contributed by atoms with Gasteiger partial charge in [0, 0.05) is 6.20 Å². The first-order chi connectivity index (χ1) is 6.56. The molecule has 14 heavy (non-hydrogen) atoms. The van der Waals surface area contributed by atoms with Gasteiger partial charge in [-0.05, 0) is 20.8 Å². The maximum atomic E-state index is 8.42. The Balaban J connectivity index is 2.40. The van der Waals surface area contributed by atoms with Crippen LogP contribution in [0.2, 0.25) is 0 Å². The summed E-state index contributed by atoms with van der Waals surface area (Å²) in [5.41, 5.74) is -0.493. The van der Waals surface area contributed by atoms with Gasteiger partial charge in [-0.2, -0.15) is 0 Å². The predicted molar refractivity (Wildman–Crippen MR) is 49.7 cm³/mol. The van der Waals surface area contributed by atoms with E-state index in [0.29, 0.717) is 6.73 Å². The predicted octanol–water partition coefficient (Wildman–Crippen LogP) is 0.814. The zero-order valence-corrected chi connectivity index (χ0v) is 8.82. The quantitative estimate of drug-likeness (QED) is 0.529. The van der Waals surface area contributed by atoms with Crippen LogP contribution in [0.3, 0.4) is 0 Å². The molecule has 0 bridgehead atoms. The van der Waals surface area contributed by atoms with E-state index in [0.717, 1.165) is 5.76 Å². The number of ether oxygens (including phenoxy) is 3. The second-order valence-electron chi connectivity index (χ2n) is 3.53. The molecule has 0 aromatic heterocycles. The molecule has 0 spiro atoms. The van der Waals surface area contributed by atoms with Gasteiger partial charge in [-0.1, -0.05) is 0 Å². The first-order valence-electron chi connectivity index (χ1n) is 4.47. The lowest BCUT2D eigenvalue weighted by atomic mass is 10.3. The van der Waals surface area contributed by atoms with Crippen molar-refractivity contribution in [3.8, 4) is 0 Å². The Hall–Kier alpha value is -0.780. The summed E-state index contributed by atoms with van der Waals surface area (Å²) in [7, 11) is 0. The highest BCUT2D eigenvalue weighted by molar-refractivity contribution is 4.96. The minimum absolute atomic E-state index is 0.0624. The molecule has 0 atom stereocenters. The van der Waals surface area contributed by atoms with Gasteiger partial charge in [0.2, 0.25) is 0 Å². The van der Waals surface area contributed by atoms with Gasteiger partial charge in [-0.3, -0.25) is 0 Å². The Kier molecular flexibility index (Phi) is 3.74. The number of allylic oxidation sites excluding steroid dienone is 1. The normalized spacial score (nSPS) is 16.9. The van der Waals surface area contributed by atoms with Crippen molar-refractivity contribution in [2.45, 2.75) is 26.5 Å². The molecule has 1 aliphatic rings. The van der Waals surface area contributed by atoms with Crippen molar-refractivity contribution in [1.82, 2.24) is 4.90 Å². The van der Waals surface area contributed by atoms with Gasteiger partial charge in [-0.25, -0.2) is 0 Å². The minimum Gasteiger partial charge on any atom is -0.476 e. The van der Waals surface area contributed by atoms with E-state index in [1.165, 1.54) is 0 Å². The third-order valence-corrected chi connectivity index (χ3v) is 2.05. The molecule has 0 aliphatic carbocycles. The zero-order chi connectivity index (χ0) is 10.6. The van der Waals surface area contributed by atoms with Gasteiger partial charge in [0.1, 0.15) is 18.3 Å². The van der Waals surface area contributed by atoms with Crippen LogP contribution in [0.15, 0.2) is 12.0 Å². The van der Waals surface area contributed by atoms with Crippen LogP contribution < -0.4 is 0 Å². The Morgan fingerprint density at radius 2 is 2.36 bits per heavy atom. The molecule has 1 N–H and O–H groups in total. The smallest absolute Gasteiger partial charge is 0.162 e. The van der Waals surface area contributed by atoms with Crippen LogP contribution in [0.1, 0.15) is 20.8 Å². The number of aliphatic hydroxyl groups excluding tert-OH is 1. The maximum Gasteiger partial charge on any atom is 0.162 e. The van der Waals surface area contributed by atoms with Crippen molar-refractivity contribution in [1.29, 1.82) is 0 Å². The zero-order valence-electron chi connectivity index (χ0n) is 8.82. The van der Waals surface area contributed by atoms with Crippen LogP contribution in [0.25, 0.3) is 0 Å². The van der Waals surface area contributed by atoms with E-state index in [4.69, 9.17) is 19.3 Å². The van der Waals surface area contributed by atoms with E-state index in [-0.39, 0.29) is 13.6 Å². The summed E-state index contributed by atoms with van der Waals surface area (Å²) in [6.07, 6.45) is 1.89. The highest BCUT2D eigenvalue weighted by Gasteiger charge is 2.28. The topological polar surface area (TPSA) is 51.2 Å². The molecule has 0 fully saturated rings. The molecule has 1 rings (SSSR count). The van der Waals surface area contributed by atoms with Crippen LogP contribution in [-0.4, -0.2) is 36.0 Å². The lowest BCUT2D eigenvalue weighted by molar-refractivity contribution is -0.204. The Bertz CT molecular complexity index is 215. The van der Waals surface area contributed by atoms with E-state index < -0.39 is 5.72 Å². The van der Waals surface area contributed by atoms with Crippen LogP contribution in [0.4, 0.5) is 0 Å². The van der Waals surface area contributed by atoms with Gasteiger partial charge in [-0.15, -0.1) is 0 Å². The first kappa shape index (κ1) is 11.3. The summed E-state index contributed by atoms with van der Waals surface area (Å²) in [6, 6.07) is 0.